The zero-order valence-corrected chi connectivity index (χ0v) is 11.3. The van der Waals surface area contributed by atoms with Crippen molar-refractivity contribution >= 4 is 30.4 Å². The normalized spacial score (nSPS) is 19.3. The van der Waals surface area contributed by atoms with Crippen LogP contribution >= 0.6 is 12.6 Å². The van der Waals surface area contributed by atoms with Crippen molar-refractivity contribution in [2.24, 2.45) is 0 Å². The lowest BCUT2D eigenvalue weighted by Crippen LogP contribution is -2.59. The van der Waals surface area contributed by atoms with Gasteiger partial charge >= 0.3 is 0 Å². The fraction of sp³-hybridized carbons (Fsp3) is 0.308. The third-order valence-corrected chi connectivity index (χ3v) is 3.43. The van der Waals surface area contributed by atoms with Crippen LogP contribution < -0.4 is 5.32 Å². The van der Waals surface area contributed by atoms with Crippen LogP contribution in [0.5, 0.6) is 0 Å². The smallest absolute Gasteiger partial charge is 0.256 e. The van der Waals surface area contributed by atoms with Gasteiger partial charge < -0.3 is 4.90 Å². The Hall–Kier alpha value is -1.82. The largest absolute Gasteiger partial charge is 0.317 e. The van der Waals surface area contributed by atoms with Crippen LogP contribution in [-0.2, 0) is 9.59 Å². The Morgan fingerprint density at radius 1 is 1.42 bits per heavy atom. The van der Waals surface area contributed by atoms with Gasteiger partial charge in [-0.2, -0.15) is 0 Å². The Bertz CT molecular complexity index is 544. The molecule has 5 nitrogen and oxygen atoms in total. The number of carbonyl (C=O) groups excluding carboxylic acids is 3. The summed E-state index contributed by atoms with van der Waals surface area (Å²) < 4.78 is 0. The molecule has 1 saturated heterocycles. The van der Waals surface area contributed by atoms with Gasteiger partial charge in [0.2, 0.25) is 11.8 Å². The van der Waals surface area contributed by atoms with E-state index in [1.165, 1.54) is 4.90 Å². The van der Waals surface area contributed by atoms with E-state index in [9.17, 15) is 14.4 Å². The van der Waals surface area contributed by atoms with Crippen LogP contribution in [0.2, 0.25) is 0 Å². The molecule has 0 bridgehead atoms. The molecule has 1 unspecified atom stereocenters. The molecule has 1 N–H and O–H groups in total. The predicted molar refractivity (Wildman–Crippen MR) is 72.0 cm³/mol. The molecular weight excluding hydrogens is 264 g/mol. The summed E-state index contributed by atoms with van der Waals surface area (Å²) >= 11 is 4.23. The number of rotatable bonds is 2. The molecule has 3 amide bonds. The second-order valence-corrected chi connectivity index (χ2v) is 4.77. The van der Waals surface area contributed by atoms with Crippen molar-refractivity contribution in [3.63, 3.8) is 0 Å². The molecule has 0 aliphatic carbocycles. The minimum absolute atomic E-state index is 0.106. The fourth-order valence-corrected chi connectivity index (χ4v) is 2.35. The van der Waals surface area contributed by atoms with E-state index < -0.39 is 17.9 Å². The van der Waals surface area contributed by atoms with Crippen LogP contribution in [-0.4, -0.2) is 35.2 Å². The lowest BCUT2D eigenvalue weighted by atomic mass is 10.1. The topological polar surface area (TPSA) is 66.5 Å². The molecule has 0 radical (unpaired) electrons. The van der Waals surface area contributed by atoms with Gasteiger partial charge in [-0.05, 0) is 18.6 Å². The molecule has 1 aliphatic heterocycles. The molecule has 1 aromatic carbocycles. The highest BCUT2D eigenvalue weighted by atomic mass is 32.1. The number of amides is 3. The quantitative estimate of drug-likeness (QED) is 0.622. The number of nitrogens with zero attached hydrogens (tertiary/aromatic N) is 1. The van der Waals surface area contributed by atoms with Gasteiger partial charge in [-0.25, -0.2) is 0 Å². The van der Waals surface area contributed by atoms with Crippen LogP contribution in [0, 0.1) is 0 Å². The number of benzene rings is 1. The zero-order valence-electron chi connectivity index (χ0n) is 10.4. The van der Waals surface area contributed by atoms with Crippen LogP contribution in [0.15, 0.2) is 29.2 Å². The van der Waals surface area contributed by atoms with E-state index in [0.29, 0.717) is 16.9 Å². The molecular formula is C13H14N2O3S. The van der Waals surface area contributed by atoms with Crippen LogP contribution in [0.1, 0.15) is 23.7 Å². The summed E-state index contributed by atoms with van der Waals surface area (Å²) in [6, 6.07) is 6.21. The highest BCUT2D eigenvalue weighted by Crippen LogP contribution is 2.19. The van der Waals surface area contributed by atoms with E-state index >= 15 is 0 Å². The Morgan fingerprint density at radius 3 is 2.74 bits per heavy atom. The van der Waals surface area contributed by atoms with Crippen molar-refractivity contribution in [1.29, 1.82) is 0 Å². The maximum atomic E-state index is 12.4. The summed E-state index contributed by atoms with van der Waals surface area (Å²) in [4.78, 5) is 37.4. The first-order valence-electron chi connectivity index (χ1n) is 5.97. The van der Waals surface area contributed by atoms with Crippen molar-refractivity contribution in [3.8, 4) is 0 Å². The third kappa shape index (κ3) is 2.63. The number of imide groups is 1. The van der Waals surface area contributed by atoms with Gasteiger partial charge in [-0.15, -0.1) is 12.6 Å². The average Bonchev–Trinajstić information content (AvgIpc) is 2.37. The molecule has 100 valence electrons. The highest BCUT2D eigenvalue weighted by molar-refractivity contribution is 7.80. The summed E-state index contributed by atoms with van der Waals surface area (Å²) in [5.41, 5.74) is 0.395. The van der Waals surface area contributed by atoms with Gasteiger partial charge in [0, 0.05) is 4.90 Å². The van der Waals surface area contributed by atoms with Crippen molar-refractivity contribution in [3.05, 3.63) is 29.8 Å². The molecule has 1 heterocycles. The molecule has 0 aromatic heterocycles. The van der Waals surface area contributed by atoms with E-state index in [1.807, 2.05) is 0 Å². The van der Waals surface area contributed by atoms with Gasteiger partial charge in [0.15, 0.2) is 0 Å². The number of hydrogen-bond acceptors (Lipinski definition) is 4. The lowest BCUT2D eigenvalue weighted by Gasteiger charge is -2.33. The molecule has 2 rings (SSSR count). The summed E-state index contributed by atoms with van der Waals surface area (Å²) in [6.45, 7) is 1.69. The SMILES string of the molecule is CCC1C(=O)NC(=O)CN1C(=O)c1ccccc1S. The first-order valence-corrected chi connectivity index (χ1v) is 6.42. The van der Waals surface area contributed by atoms with E-state index in [0.717, 1.165) is 0 Å². The summed E-state index contributed by atoms with van der Waals surface area (Å²) in [6.07, 6.45) is 0.458. The van der Waals surface area contributed by atoms with Gasteiger partial charge in [0.05, 0.1) is 5.56 Å². The van der Waals surface area contributed by atoms with E-state index in [4.69, 9.17) is 0 Å². The molecule has 1 atom stereocenters. The number of piperazine rings is 1. The maximum absolute atomic E-state index is 12.4. The number of hydrogen-bond donors (Lipinski definition) is 2. The minimum Gasteiger partial charge on any atom is -0.317 e. The van der Waals surface area contributed by atoms with Crippen LogP contribution in [0.3, 0.4) is 0 Å². The van der Waals surface area contributed by atoms with Gasteiger partial charge in [0.25, 0.3) is 5.91 Å². The minimum atomic E-state index is -0.613. The number of nitrogens with one attached hydrogen (secondary N) is 1. The summed E-state index contributed by atoms with van der Waals surface area (Å²) in [7, 11) is 0. The number of carbonyl (C=O) groups is 3. The van der Waals surface area contributed by atoms with E-state index in [2.05, 4.69) is 17.9 Å². The molecule has 0 spiro atoms. The van der Waals surface area contributed by atoms with Crippen molar-refractivity contribution in [1.82, 2.24) is 10.2 Å². The van der Waals surface area contributed by atoms with Gasteiger partial charge in [-0.3, -0.25) is 19.7 Å². The van der Waals surface area contributed by atoms with Crippen molar-refractivity contribution < 1.29 is 14.4 Å². The molecule has 0 saturated carbocycles. The zero-order chi connectivity index (χ0) is 14.0. The Balaban J connectivity index is 2.33. The van der Waals surface area contributed by atoms with Gasteiger partial charge in [0.1, 0.15) is 12.6 Å². The molecule has 1 fully saturated rings. The van der Waals surface area contributed by atoms with Crippen molar-refractivity contribution in [2.75, 3.05) is 6.54 Å². The molecule has 1 aromatic rings. The van der Waals surface area contributed by atoms with Crippen molar-refractivity contribution in [2.45, 2.75) is 24.3 Å². The monoisotopic (exact) mass is 278 g/mol. The Morgan fingerprint density at radius 2 is 2.11 bits per heavy atom. The lowest BCUT2D eigenvalue weighted by molar-refractivity contribution is -0.138. The maximum Gasteiger partial charge on any atom is 0.256 e. The third-order valence-electron chi connectivity index (χ3n) is 3.04. The summed E-state index contributed by atoms with van der Waals surface area (Å²) in [5.74, 6) is -1.23. The van der Waals surface area contributed by atoms with Gasteiger partial charge in [-0.1, -0.05) is 19.1 Å². The predicted octanol–water partition coefficient (Wildman–Crippen LogP) is 0.852. The standard InChI is InChI=1S/C13H14N2O3S/c1-2-9-12(17)14-11(16)7-15(9)13(18)8-5-3-4-6-10(8)19/h3-6,9,19H,2,7H2,1H3,(H,14,16,17). The molecule has 1 aliphatic rings. The summed E-state index contributed by atoms with van der Waals surface area (Å²) in [5, 5.41) is 2.24. The first kappa shape index (κ1) is 13.6. The van der Waals surface area contributed by atoms with E-state index in [-0.39, 0.29) is 12.5 Å². The fourth-order valence-electron chi connectivity index (χ4n) is 2.10. The number of thiol groups is 1. The van der Waals surface area contributed by atoms with Crippen LogP contribution in [0.25, 0.3) is 0 Å². The Labute approximate surface area is 116 Å². The second-order valence-electron chi connectivity index (χ2n) is 4.29. The first-order chi connectivity index (χ1) is 9.04. The second kappa shape index (κ2) is 5.44. The molecule has 19 heavy (non-hydrogen) atoms. The van der Waals surface area contributed by atoms with E-state index in [1.54, 1.807) is 31.2 Å². The highest BCUT2D eigenvalue weighted by Gasteiger charge is 2.36. The Kier molecular flexibility index (Phi) is 3.90. The van der Waals surface area contributed by atoms with Crippen LogP contribution in [0.4, 0.5) is 0 Å². The average molecular weight is 278 g/mol. The molecule has 6 heteroatoms.